The highest BCUT2D eigenvalue weighted by Crippen LogP contribution is 2.20. The van der Waals surface area contributed by atoms with Gasteiger partial charge in [0.15, 0.2) is 4.80 Å². The number of likely N-dealkylation sites (tertiary alicyclic amines) is 1. The Hall–Kier alpha value is -2.93. The molecule has 0 aliphatic carbocycles. The van der Waals surface area contributed by atoms with Gasteiger partial charge in [-0.05, 0) is 29.2 Å². The summed E-state index contributed by atoms with van der Waals surface area (Å²) in [5, 5.41) is 4.36. The number of urea groups is 1. The van der Waals surface area contributed by atoms with E-state index < -0.39 is 6.03 Å². The molecule has 0 unspecified atom stereocenters. The van der Waals surface area contributed by atoms with Gasteiger partial charge in [-0.1, -0.05) is 42.5 Å². The van der Waals surface area contributed by atoms with E-state index in [1.807, 2.05) is 28.3 Å². The van der Waals surface area contributed by atoms with Gasteiger partial charge in [-0.3, -0.25) is 4.79 Å². The van der Waals surface area contributed by atoms with Crippen molar-refractivity contribution in [1.82, 2.24) is 9.47 Å². The van der Waals surface area contributed by atoms with Crippen molar-refractivity contribution in [3.63, 3.8) is 0 Å². The molecule has 2 aromatic carbocycles. The number of amides is 3. The predicted octanol–water partition coefficient (Wildman–Crippen LogP) is 2.97. The normalized spacial score (nSPS) is 15.9. The third kappa shape index (κ3) is 3.84. The molecule has 4 rings (SSSR count). The number of rotatable bonds is 3. The average Bonchev–Trinajstić information content (AvgIpc) is 3.15. The third-order valence-electron chi connectivity index (χ3n) is 5.24. The molecule has 0 bridgehead atoms. The molecule has 1 fully saturated rings. The first-order valence-electron chi connectivity index (χ1n) is 9.35. The molecular formula is C21H22N4O2S. The van der Waals surface area contributed by atoms with Gasteiger partial charge in [0, 0.05) is 30.6 Å². The zero-order valence-electron chi connectivity index (χ0n) is 15.5. The second kappa shape index (κ2) is 7.98. The molecule has 3 aromatic rings. The van der Waals surface area contributed by atoms with E-state index in [1.54, 1.807) is 4.90 Å². The van der Waals surface area contributed by atoms with Crippen LogP contribution in [-0.4, -0.2) is 34.5 Å². The summed E-state index contributed by atoms with van der Waals surface area (Å²) in [6, 6.07) is 14.1. The molecule has 1 aliphatic heterocycles. The Bertz CT molecular complexity index is 1070. The van der Waals surface area contributed by atoms with Crippen LogP contribution in [0.3, 0.4) is 0 Å². The van der Waals surface area contributed by atoms with Crippen molar-refractivity contribution in [3.8, 4) is 0 Å². The Labute approximate surface area is 166 Å². The topological polar surface area (TPSA) is 80.7 Å². The zero-order chi connectivity index (χ0) is 19.5. The number of carbonyl (C=O) groups is 2. The smallest absolute Gasteiger partial charge is 0.314 e. The molecular weight excluding hydrogens is 372 g/mol. The third-order valence-corrected chi connectivity index (χ3v) is 6.04. The molecule has 144 valence electrons. The Morgan fingerprint density at radius 3 is 2.64 bits per heavy atom. The standard InChI is InChI=1S/C21H22N4O2S/c22-20(27)24-10-8-16(9-11-24)19(26)23-21-25(12-13-28-21)14-17-6-3-5-15-4-1-2-7-18(15)17/h1-7,12-13,16H,8-11,14H2,(H2,22,27). The van der Waals surface area contributed by atoms with E-state index in [4.69, 9.17) is 5.73 Å². The lowest BCUT2D eigenvalue weighted by molar-refractivity contribution is -0.123. The largest absolute Gasteiger partial charge is 0.351 e. The molecule has 0 saturated carbocycles. The first kappa shape index (κ1) is 18.4. The van der Waals surface area contributed by atoms with Crippen LogP contribution in [0.2, 0.25) is 0 Å². The highest BCUT2D eigenvalue weighted by atomic mass is 32.1. The van der Waals surface area contributed by atoms with Crippen LogP contribution < -0.4 is 10.5 Å². The summed E-state index contributed by atoms with van der Waals surface area (Å²) in [5.74, 6) is -0.262. The minimum atomic E-state index is -0.422. The summed E-state index contributed by atoms with van der Waals surface area (Å²) in [5.41, 5.74) is 6.50. The van der Waals surface area contributed by atoms with Gasteiger partial charge in [-0.15, -0.1) is 11.3 Å². The van der Waals surface area contributed by atoms with Gasteiger partial charge in [-0.2, -0.15) is 4.99 Å². The van der Waals surface area contributed by atoms with Crippen LogP contribution in [0.4, 0.5) is 4.79 Å². The molecule has 6 nitrogen and oxygen atoms in total. The molecule has 7 heteroatoms. The number of hydrogen-bond acceptors (Lipinski definition) is 3. The maximum absolute atomic E-state index is 12.7. The van der Waals surface area contributed by atoms with Gasteiger partial charge < -0.3 is 15.2 Å². The summed E-state index contributed by atoms with van der Waals surface area (Å²) in [4.78, 5) is 30.6. The van der Waals surface area contributed by atoms with Gasteiger partial charge >= 0.3 is 6.03 Å². The molecule has 0 atom stereocenters. The van der Waals surface area contributed by atoms with Crippen LogP contribution in [0.15, 0.2) is 59.0 Å². The fourth-order valence-corrected chi connectivity index (χ4v) is 4.39. The summed E-state index contributed by atoms with van der Waals surface area (Å²) < 4.78 is 2.02. The summed E-state index contributed by atoms with van der Waals surface area (Å²) in [6.07, 6.45) is 3.19. The highest BCUT2D eigenvalue weighted by Gasteiger charge is 2.26. The Balaban J connectivity index is 1.54. The average molecular weight is 395 g/mol. The van der Waals surface area contributed by atoms with Crippen LogP contribution >= 0.6 is 11.3 Å². The lowest BCUT2D eigenvalue weighted by atomic mass is 9.96. The molecule has 28 heavy (non-hydrogen) atoms. The van der Waals surface area contributed by atoms with Crippen molar-refractivity contribution >= 4 is 34.0 Å². The van der Waals surface area contributed by atoms with Gasteiger partial charge in [0.25, 0.3) is 5.91 Å². The number of aromatic nitrogens is 1. The van der Waals surface area contributed by atoms with Crippen LogP contribution in [-0.2, 0) is 11.3 Å². The van der Waals surface area contributed by atoms with Crippen molar-refractivity contribution in [2.75, 3.05) is 13.1 Å². The number of thiazole rings is 1. The quantitative estimate of drug-likeness (QED) is 0.741. The second-order valence-electron chi connectivity index (χ2n) is 7.00. The Morgan fingerprint density at radius 2 is 1.86 bits per heavy atom. The van der Waals surface area contributed by atoms with Crippen LogP contribution in [0, 0.1) is 5.92 Å². The van der Waals surface area contributed by atoms with Gasteiger partial charge in [-0.25, -0.2) is 4.79 Å². The number of piperidine rings is 1. The van der Waals surface area contributed by atoms with Crippen LogP contribution in [0.5, 0.6) is 0 Å². The number of primary amides is 1. The van der Waals surface area contributed by atoms with Crippen molar-refractivity contribution < 1.29 is 9.59 Å². The zero-order valence-corrected chi connectivity index (χ0v) is 16.3. The monoisotopic (exact) mass is 394 g/mol. The number of fused-ring (bicyclic) bond motifs is 1. The molecule has 2 heterocycles. The van der Waals surface area contributed by atoms with Crippen molar-refractivity contribution in [2.24, 2.45) is 16.6 Å². The summed E-state index contributed by atoms with van der Waals surface area (Å²) >= 11 is 1.46. The number of hydrogen-bond donors (Lipinski definition) is 1. The maximum atomic E-state index is 12.7. The molecule has 0 radical (unpaired) electrons. The van der Waals surface area contributed by atoms with Crippen molar-refractivity contribution in [1.29, 1.82) is 0 Å². The van der Waals surface area contributed by atoms with Crippen LogP contribution in [0.25, 0.3) is 10.8 Å². The van der Waals surface area contributed by atoms with E-state index in [2.05, 4.69) is 35.3 Å². The Kier molecular flexibility index (Phi) is 5.25. The minimum Gasteiger partial charge on any atom is -0.351 e. The van der Waals surface area contributed by atoms with E-state index in [9.17, 15) is 9.59 Å². The second-order valence-corrected chi connectivity index (χ2v) is 7.87. The fourth-order valence-electron chi connectivity index (χ4n) is 3.65. The van der Waals surface area contributed by atoms with Crippen LogP contribution in [0.1, 0.15) is 18.4 Å². The Morgan fingerprint density at radius 1 is 1.11 bits per heavy atom. The van der Waals surface area contributed by atoms with Crippen molar-refractivity contribution in [3.05, 3.63) is 64.4 Å². The summed E-state index contributed by atoms with van der Waals surface area (Å²) in [7, 11) is 0. The first-order chi connectivity index (χ1) is 13.6. The van der Waals surface area contributed by atoms with E-state index in [-0.39, 0.29) is 11.8 Å². The lowest BCUT2D eigenvalue weighted by Gasteiger charge is -2.28. The predicted molar refractivity (Wildman–Crippen MR) is 110 cm³/mol. The lowest BCUT2D eigenvalue weighted by Crippen LogP contribution is -2.43. The molecule has 1 aliphatic rings. The van der Waals surface area contributed by atoms with E-state index in [0.717, 1.165) is 0 Å². The number of nitrogens with two attached hydrogens (primary N) is 1. The first-order valence-corrected chi connectivity index (χ1v) is 10.2. The highest BCUT2D eigenvalue weighted by molar-refractivity contribution is 7.07. The van der Waals surface area contributed by atoms with Gasteiger partial charge in [0.2, 0.25) is 0 Å². The molecule has 1 aromatic heterocycles. The SMILES string of the molecule is NC(=O)N1CCC(C(=O)N=c2sccn2Cc2cccc3ccccc23)CC1. The minimum absolute atomic E-state index is 0.113. The molecule has 3 amide bonds. The molecule has 0 spiro atoms. The number of carbonyl (C=O) groups excluding carboxylic acids is 2. The molecule has 2 N–H and O–H groups in total. The number of benzene rings is 2. The fraction of sp³-hybridized carbons (Fsp3) is 0.286. The summed E-state index contributed by atoms with van der Waals surface area (Å²) in [6.45, 7) is 1.69. The van der Waals surface area contributed by atoms with Crippen molar-refractivity contribution in [2.45, 2.75) is 19.4 Å². The van der Waals surface area contributed by atoms with E-state index >= 15 is 0 Å². The molecule has 1 saturated heterocycles. The maximum Gasteiger partial charge on any atom is 0.314 e. The number of nitrogens with zero attached hydrogens (tertiary/aromatic N) is 3. The van der Waals surface area contributed by atoms with Gasteiger partial charge in [0.1, 0.15) is 0 Å². The van der Waals surface area contributed by atoms with Gasteiger partial charge in [0.05, 0.1) is 6.54 Å². The van der Waals surface area contributed by atoms with E-state index in [0.29, 0.717) is 37.3 Å². The van der Waals surface area contributed by atoms with E-state index in [1.165, 1.54) is 27.7 Å².